The third-order valence-corrected chi connectivity index (χ3v) is 5.79. The maximum Gasteiger partial charge on any atom is 0.246 e. The van der Waals surface area contributed by atoms with E-state index in [2.05, 4.69) is 11.1 Å². The van der Waals surface area contributed by atoms with E-state index in [0.717, 1.165) is 27.7 Å². The number of nitrogens with one attached hydrogen (secondary N) is 1. The lowest BCUT2D eigenvalue weighted by Gasteiger charge is -2.42. The van der Waals surface area contributed by atoms with Crippen LogP contribution in [0.25, 0.3) is 10.9 Å². The van der Waals surface area contributed by atoms with Gasteiger partial charge in [0.1, 0.15) is 12.6 Å². The summed E-state index contributed by atoms with van der Waals surface area (Å²) in [5.74, 6) is 0.0124. The van der Waals surface area contributed by atoms with E-state index in [1.165, 1.54) is 0 Å². The first-order chi connectivity index (χ1) is 13.1. The summed E-state index contributed by atoms with van der Waals surface area (Å²) in [4.78, 5) is 32.7. The molecule has 3 aromatic rings. The van der Waals surface area contributed by atoms with Gasteiger partial charge in [0.05, 0.1) is 6.54 Å². The van der Waals surface area contributed by atoms with Gasteiger partial charge in [-0.1, -0.05) is 41.9 Å². The molecule has 2 aromatic carbocycles. The number of aromatic nitrogens is 1. The molecule has 136 valence electrons. The highest BCUT2D eigenvalue weighted by molar-refractivity contribution is 6.30. The first-order valence-corrected chi connectivity index (χ1v) is 9.39. The normalized spacial score (nSPS) is 19.4. The molecule has 0 spiro atoms. The molecule has 0 saturated carbocycles. The van der Waals surface area contributed by atoms with E-state index >= 15 is 0 Å². The standard InChI is InChI=1S/C21H18ClN3O2/c22-14-7-5-13(6-8-14)10-24-12-20(26)25-11-18-16(9-19(25)21(24)27)15-3-1-2-4-17(15)23-18/h1-8,19,23H,9-12H2/t19-/m0/s1. The van der Waals surface area contributed by atoms with Crippen LogP contribution in [0.4, 0.5) is 0 Å². The molecular weight excluding hydrogens is 362 g/mol. The van der Waals surface area contributed by atoms with Crippen LogP contribution in [-0.4, -0.2) is 39.2 Å². The van der Waals surface area contributed by atoms with Gasteiger partial charge in [-0.15, -0.1) is 0 Å². The van der Waals surface area contributed by atoms with E-state index < -0.39 is 6.04 Å². The lowest BCUT2D eigenvalue weighted by atomic mass is 9.93. The highest BCUT2D eigenvalue weighted by atomic mass is 35.5. The molecule has 1 saturated heterocycles. The van der Waals surface area contributed by atoms with Crippen LogP contribution in [0.1, 0.15) is 16.8 Å². The Bertz CT molecular complexity index is 1060. The smallest absolute Gasteiger partial charge is 0.246 e. The zero-order valence-electron chi connectivity index (χ0n) is 14.6. The average Bonchev–Trinajstić information content (AvgIpc) is 3.04. The minimum absolute atomic E-state index is 0.00197. The number of carbonyl (C=O) groups is 2. The number of hydrogen-bond donors (Lipinski definition) is 1. The monoisotopic (exact) mass is 379 g/mol. The Balaban J connectivity index is 1.45. The second-order valence-electron chi connectivity index (χ2n) is 7.19. The van der Waals surface area contributed by atoms with E-state index in [1.54, 1.807) is 21.9 Å². The van der Waals surface area contributed by atoms with Crippen molar-refractivity contribution in [2.45, 2.75) is 25.6 Å². The van der Waals surface area contributed by atoms with Crippen LogP contribution in [0.2, 0.25) is 5.02 Å². The molecule has 0 radical (unpaired) electrons. The Kier molecular flexibility index (Phi) is 3.72. The molecule has 3 heterocycles. The molecule has 1 N–H and O–H groups in total. The number of amides is 2. The Morgan fingerprint density at radius 1 is 1.04 bits per heavy atom. The molecule has 2 aliphatic heterocycles. The fourth-order valence-corrected chi connectivity index (χ4v) is 4.30. The molecule has 5 rings (SSSR count). The van der Waals surface area contributed by atoms with Gasteiger partial charge in [0.15, 0.2) is 0 Å². The molecule has 0 aliphatic carbocycles. The number of fused-ring (bicyclic) bond motifs is 4. The first kappa shape index (κ1) is 16.4. The van der Waals surface area contributed by atoms with Gasteiger partial charge in [0, 0.05) is 34.6 Å². The number of benzene rings is 2. The first-order valence-electron chi connectivity index (χ1n) is 9.01. The Hall–Kier alpha value is -2.79. The van der Waals surface area contributed by atoms with Crippen molar-refractivity contribution in [3.8, 4) is 0 Å². The maximum atomic E-state index is 13.1. The second kappa shape index (κ2) is 6.13. The van der Waals surface area contributed by atoms with Crippen molar-refractivity contribution in [3.05, 3.63) is 70.4 Å². The molecule has 2 aliphatic rings. The number of piperazine rings is 1. The largest absolute Gasteiger partial charge is 0.357 e. The predicted molar refractivity (Wildman–Crippen MR) is 103 cm³/mol. The zero-order chi connectivity index (χ0) is 18.5. The van der Waals surface area contributed by atoms with Crippen molar-refractivity contribution in [2.75, 3.05) is 6.54 Å². The van der Waals surface area contributed by atoms with Gasteiger partial charge in [-0.25, -0.2) is 0 Å². The van der Waals surface area contributed by atoms with Gasteiger partial charge in [-0.05, 0) is 29.3 Å². The summed E-state index contributed by atoms with van der Waals surface area (Å²) in [6.07, 6.45) is 0.557. The molecule has 0 bridgehead atoms. The Morgan fingerprint density at radius 3 is 2.63 bits per heavy atom. The number of H-pyrrole nitrogens is 1. The lowest BCUT2D eigenvalue weighted by molar-refractivity contribution is -0.157. The third kappa shape index (κ3) is 2.70. The molecular formula is C21H18ClN3O2. The van der Waals surface area contributed by atoms with Crippen LogP contribution in [-0.2, 0) is 29.1 Å². The SMILES string of the molecule is O=C1[C@@H]2Cc3c([nH]c4ccccc34)CN2C(=O)CN1Cc1ccc(Cl)cc1. The highest BCUT2D eigenvalue weighted by Crippen LogP contribution is 2.32. The summed E-state index contributed by atoms with van der Waals surface area (Å²) in [5.41, 5.74) is 4.22. The van der Waals surface area contributed by atoms with Crippen LogP contribution in [0.15, 0.2) is 48.5 Å². The third-order valence-electron chi connectivity index (χ3n) is 5.53. The van der Waals surface area contributed by atoms with Crippen molar-refractivity contribution in [1.82, 2.24) is 14.8 Å². The number of nitrogens with zero attached hydrogens (tertiary/aromatic N) is 2. The quantitative estimate of drug-likeness (QED) is 0.743. The van der Waals surface area contributed by atoms with Gasteiger partial charge in [0.25, 0.3) is 0 Å². The number of aromatic amines is 1. The second-order valence-corrected chi connectivity index (χ2v) is 7.63. The number of hydrogen-bond acceptors (Lipinski definition) is 2. The van der Waals surface area contributed by atoms with E-state index in [0.29, 0.717) is 24.5 Å². The number of para-hydroxylation sites is 1. The van der Waals surface area contributed by atoms with Gasteiger partial charge >= 0.3 is 0 Å². The highest BCUT2D eigenvalue weighted by Gasteiger charge is 2.42. The van der Waals surface area contributed by atoms with E-state index in [4.69, 9.17) is 11.6 Å². The van der Waals surface area contributed by atoms with Gasteiger partial charge < -0.3 is 14.8 Å². The topological polar surface area (TPSA) is 56.4 Å². The summed E-state index contributed by atoms with van der Waals surface area (Å²) in [6.45, 7) is 1.01. The van der Waals surface area contributed by atoms with Crippen molar-refractivity contribution >= 4 is 34.3 Å². The lowest BCUT2D eigenvalue weighted by Crippen LogP contribution is -2.61. The number of rotatable bonds is 2. The van der Waals surface area contributed by atoms with Crippen LogP contribution in [0.5, 0.6) is 0 Å². The summed E-state index contributed by atoms with van der Waals surface area (Å²) < 4.78 is 0. The number of carbonyl (C=O) groups excluding carboxylic acids is 2. The van der Waals surface area contributed by atoms with Crippen molar-refractivity contribution < 1.29 is 9.59 Å². The van der Waals surface area contributed by atoms with Crippen LogP contribution < -0.4 is 0 Å². The van der Waals surface area contributed by atoms with Crippen LogP contribution in [0, 0.1) is 0 Å². The molecule has 2 amide bonds. The van der Waals surface area contributed by atoms with Crippen molar-refractivity contribution in [1.29, 1.82) is 0 Å². The molecule has 27 heavy (non-hydrogen) atoms. The van der Waals surface area contributed by atoms with E-state index in [-0.39, 0.29) is 18.4 Å². The fraction of sp³-hybridized carbons (Fsp3) is 0.238. The minimum Gasteiger partial charge on any atom is -0.357 e. The Labute approximate surface area is 161 Å². The zero-order valence-corrected chi connectivity index (χ0v) is 15.4. The molecule has 1 fully saturated rings. The molecule has 0 unspecified atom stereocenters. The maximum absolute atomic E-state index is 13.1. The summed E-state index contributed by atoms with van der Waals surface area (Å²) in [5, 5.41) is 1.80. The van der Waals surface area contributed by atoms with Crippen molar-refractivity contribution in [2.24, 2.45) is 0 Å². The van der Waals surface area contributed by atoms with E-state index in [9.17, 15) is 9.59 Å². The van der Waals surface area contributed by atoms with Crippen LogP contribution in [0.3, 0.4) is 0 Å². The molecule has 1 atom stereocenters. The minimum atomic E-state index is -0.426. The Morgan fingerprint density at radius 2 is 1.81 bits per heavy atom. The van der Waals surface area contributed by atoms with E-state index in [1.807, 2.05) is 30.3 Å². The summed E-state index contributed by atoms with van der Waals surface area (Å²) >= 11 is 5.94. The summed E-state index contributed by atoms with van der Waals surface area (Å²) in [7, 11) is 0. The van der Waals surface area contributed by atoms with Gasteiger partial charge in [0.2, 0.25) is 11.8 Å². The average molecular weight is 380 g/mol. The van der Waals surface area contributed by atoms with Gasteiger partial charge in [-0.3, -0.25) is 9.59 Å². The molecule has 6 heteroatoms. The predicted octanol–water partition coefficient (Wildman–Crippen LogP) is 3.12. The number of halogens is 1. The fourth-order valence-electron chi connectivity index (χ4n) is 4.18. The van der Waals surface area contributed by atoms with Crippen LogP contribution >= 0.6 is 11.6 Å². The molecule has 1 aromatic heterocycles. The molecule has 5 nitrogen and oxygen atoms in total. The van der Waals surface area contributed by atoms with Crippen molar-refractivity contribution in [3.63, 3.8) is 0 Å². The summed E-state index contributed by atoms with van der Waals surface area (Å²) in [6, 6.07) is 15.1. The van der Waals surface area contributed by atoms with Gasteiger partial charge in [-0.2, -0.15) is 0 Å².